The number of fused-ring (bicyclic) bond motifs is 1. The molecule has 4 rings (SSSR count). The molecule has 1 N–H and O–H groups in total. The summed E-state index contributed by atoms with van der Waals surface area (Å²) in [5.41, 5.74) is 1.10. The Morgan fingerprint density at radius 3 is 2.65 bits per heavy atom. The van der Waals surface area contributed by atoms with Crippen molar-refractivity contribution in [3.63, 3.8) is 0 Å². The fourth-order valence-corrected chi connectivity index (χ4v) is 5.47. The van der Waals surface area contributed by atoms with Gasteiger partial charge in [0.25, 0.3) is 0 Å². The molecule has 3 heterocycles. The van der Waals surface area contributed by atoms with E-state index in [4.69, 9.17) is 9.97 Å². The highest BCUT2D eigenvalue weighted by Gasteiger charge is 2.38. The van der Waals surface area contributed by atoms with Crippen molar-refractivity contribution in [1.29, 1.82) is 0 Å². The van der Waals surface area contributed by atoms with E-state index in [2.05, 4.69) is 6.92 Å². The van der Waals surface area contributed by atoms with Crippen molar-refractivity contribution in [3.8, 4) is 0 Å². The Morgan fingerprint density at radius 2 is 1.90 bits per heavy atom. The van der Waals surface area contributed by atoms with E-state index in [1.165, 1.54) is 0 Å². The van der Waals surface area contributed by atoms with Gasteiger partial charge in [0.2, 0.25) is 11.8 Å². The van der Waals surface area contributed by atoms with Crippen LogP contribution in [0, 0.1) is 6.92 Å². The summed E-state index contributed by atoms with van der Waals surface area (Å²) in [5, 5.41) is 10.9. The summed E-state index contributed by atoms with van der Waals surface area (Å²) >= 11 is 0. The summed E-state index contributed by atoms with van der Waals surface area (Å²) in [6, 6.07) is -0.182. The maximum atomic E-state index is 13.3. The topological polar surface area (TPSA) is 86.6 Å². The SMILES string of the molecule is CCCN1C(=O)CCc2c(C)nc(C3CCCCN3C(=O)CC3(O)CCCCC3)nc21. The Morgan fingerprint density at radius 1 is 1.13 bits per heavy atom. The van der Waals surface area contributed by atoms with Crippen LogP contribution in [-0.4, -0.2) is 50.5 Å². The van der Waals surface area contributed by atoms with Gasteiger partial charge in [-0.3, -0.25) is 14.5 Å². The van der Waals surface area contributed by atoms with Crippen LogP contribution in [0.25, 0.3) is 0 Å². The highest BCUT2D eigenvalue weighted by atomic mass is 16.3. The molecule has 1 saturated carbocycles. The van der Waals surface area contributed by atoms with Gasteiger partial charge in [0, 0.05) is 30.8 Å². The fraction of sp³-hybridized carbons (Fsp3) is 0.750. The van der Waals surface area contributed by atoms with Crippen molar-refractivity contribution in [1.82, 2.24) is 14.9 Å². The number of aromatic nitrogens is 2. The molecule has 1 unspecified atom stereocenters. The molecule has 31 heavy (non-hydrogen) atoms. The molecule has 7 heteroatoms. The number of carbonyl (C=O) groups is 2. The summed E-state index contributed by atoms with van der Waals surface area (Å²) in [6.45, 7) is 5.39. The molecule has 0 aromatic carbocycles. The molecule has 2 aliphatic heterocycles. The second-order valence-corrected chi connectivity index (χ2v) is 9.58. The van der Waals surface area contributed by atoms with Crippen molar-refractivity contribution >= 4 is 17.6 Å². The molecule has 3 aliphatic rings. The van der Waals surface area contributed by atoms with Crippen LogP contribution in [0.5, 0.6) is 0 Å². The van der Waals surface area contributed by atoms with Crippen LogP contribution in [0.1, 0.15) is 101 Å². The average Bonchev–Trinajstić information content (AvgIpc) is 2.76. The Bertz CT molecular complexity index is 834. The predicted molar refractivity (Wildman–Crippen MR) is 119 cm³/mol. The first-order valence-electron chi connectivity index (χ1n) is 12.1. The average molecular weight is 429 g/mol. The summed E-state index contributed by atoms with van der Waals surface area (Å²) in [4.78, 5) is 39.2. The zero-order valence-corrected chi connectivity index (χ0v) is 19.0. The van der Waals surface area contributed by atoms with Gasteiger partial charge in [-0.2, -0.15) is 0 Å². The second kappa shape index (κ2) is 9.23. The second-order valence-electron chi connectivity index (χ2n) is 9.58. The third-order valence-electron chi connectivity index (χ3n) is 7.19. The van der Waals surface area contributed by atoms with Crippen LogP contribution < -0.4 is 4.90 Å². The number of carbonyl (C=O) groups excluding carboxylic acids is 2. The molecule has 0 radical (unpaired) electrons. The number of hydrogen-bond acceptors (Lipinski definition) is 5. The normalized spacial score (nSPS) is 23.6. The Hall–Kier alpha value is -2.02. The number of aliphatic hydroxyl groups is 1. The highest BCUT2D eigenvalue weighted by Crippen LogP contribution is 2.36. The molecule has 170 valence electrons. The molecule has 0 bridgehead atoms. The van der Waals surface area contributed by atoms with Gasteiger partial charge < -0.3 is 10.0 Å². The summed E-state index contributed by atoms with van der Waals surface area (Å²) in [5.74, 6) is 1.52. The molecule has 0 spiro atoms. The standard InChI is InChI=1S/C24H36N4O3/c1-3-14-28-20(29)11-10-18-17(2)25-22(26-23(18)28)19-9-5-8-15-27(19)21(30)16-24(31)12-6-4-7-13-24/h19,31H,3-16H2,1-2H3. The van der Waals surface area contributed by atoms with Gasteiger partial charge in [0.1, 0.15) is 5.82 Å². The zero-order valence-electron chi connectivity index (χ0n) is 19.0. The number of hydrogen-bond donors (Lipinski definition) is 1. The first kappa shape index (κ1) is 22.2. The van der Waals surface area contributed by atoms with E-state index >= 15 is 0 Å². The van der Waals surface area contributed by atoms with Gasteiger partial charge in [-0.05, 0) is 51.9 Å². The number of rotatable bonds is 5. The van der Waals surface area contributed by atoms with Crippen molar-refractivity contribution in [2.75, 3.05) is 18.0 Å². The Balaban J connectivity index is 1.61. The van der Waals surface area contributed by atoms with Gasteiger partial charge in [-0.15, -0.1) is 0 Å². The van der Waals surface area contributed by atoms with Gasteiger partial charge in [-0.1, -0.05) is 26.2 Å². The van der Waals surface area contributed by atoms with Crippen LogP contribution in [0.4, 0.5) is 5.82 Å². The molecule has 1 aromatic heterocycles. The summed E-state index contributed by atoms with van der Waals surface area (Å²) in [6.07, 6.45) is 9.58. The first-order valence-corrected chi connectivity index (χ1v) is 12.1. The molecule has 1 saturated heterocycles. The minimum atomic E-state index is -0.867. The third-order valence-corrected chi connectivity index (χ3v) is 7.19. The quantitative estimate of drug-likeness (QED) is 0.774. The molecule has 1 aliphatic carbocycles. The zero-order chi connectivity index (χ0) is 22.0. The van der Waals surface area contributed by atoms with Gasteiger partial charge in [-0.25, -0.2) is 9.97 Å². The lowest BCUT2D eigenvalue weighted by molar-refractivity contribution is -0.142. The van der Waals surface area contributed by atoms with E-state index in [0.29, 0.717) is 44.6 Å². The van der Waals surface area contributed by atoms with Crippen molar-refractivity contribution < 1.29 is 14.7 Å². The summed E-state index contributed by atoms with van der Waals surface area (Å²) < 4.78 is 0. The Labute approximate surface area is 185 Å². The van der Waals surface area contributed by atoms with Gasteiger partial charge >= 0.3 is 0 Å². The molecule has 2 amide bonds. The number of piperidine rings is 1. The lowest BCUT2D eigenvalue weighted by Gasteiger charge is -2.39. The molecule has 1 atom stereocenters. The van der Waals surface area contributed by atoms with Crippen molar-refractivity contribution in [2.24, 2.45) is 0 Å². The van der Waals surface area contributed by atoms with E-state index in [1.807, 2.05) is 11.8 Å². The third kappa shape index (κ3) is 4.61. The minimum absolute atomic E-state index is 0.00886. The van der Waals surface area contributed by atoms with Gasteiger partial charge in [0.05, 0.1) is 18.1 Å². The lowest BCUT2D eigenvalue weighted by atomic mass is 9.82. The van der Waals surface area contributed by atoms with Gasteiger partial charge in [0.15, 0.2) is 5.82 Å². The van der Waals surface area contributed by atoms with Crippen LogP contribution in [0.3, 0.4) is 0 Å². The molecular weight excluding hydrogens is 392 g/mol. The smallest absolute Gasteiger partial charge is 0.228 e. The van der Waals surface area contributed by atoms with E-state index in [0.717, 1.165) is 62.0 Å². The maximum absolute atomic E-state index is 13.3. The monoisotopic (exact) mass is 428 g/mol. The number of aryl methyl sites for hydroxylation is 1. The fourth-order valence-electron chi connectivity index (χ4n) is 5.47. The summed E-state index contributed by atoms with van der Waals surface area (Å²) in [7, 11) is 0. The first-order chi connectivity index (χ1) is 14.9. The maximum Gasteiger partial charge on any atom is 0.228 e. The lowest BCUT2D eigenvalue weighted by Crippen LogP contribution is -2.44. The van der Waals surface area contributed by atoms with Crippen molar-refractivity contribution in [3.05, 3.63) is 17.1 Å². The highest BCUT2D eigenvalue weighted by molar-refractivity contribution is 5.95. The van der Waals surface area contributed by atoms with Crippen LogP contribution in [0.15, 0.2) is 0 Å². The number of anilines is 1. The van der Waals surface area contributed by atoms with Crippen LogP contribution in [0.2, 0.25) is 0 Å². The van der Waals surface area contributed by atoms with E-state index in [9.17, 15) is 14.7 Å². The van der Waals surface area contributed by atoms with Crippen LogP contribution >= 0.6 is 0 Å². The predicted octanol–water partition coefficient (Wildman–Crippen LogP) is 3.61. The van der Waals surface area contributed by atoms with E-state index < -0.39 is 5.60 Å². The molecule has 7 nitrogen and oxygen atoms in total. The number of nitrogens with zero attached hydrogens (tertiary/aromatic N) is 4. The molecule has 2 fully saturated rings. The van der Waals surface area contributed by atoms with E-state index in [1.54, 1.807) is 4.90 Å². The molecule has 1 aromatic rings. The van der Waals surface area contributed by atoms with Crippen molar-refractivity contribution in [2.45, 2.75) is 103 Å². The number of likely N-dealkylation sites (tertiary alicyclic amines) is 1. The Kier molecular flexibility index (Phi) is 6.60. The number of amides is 2. The largest absolute Gasteiger partial charge is 0.389 e. The minimum Gasteiger partial charge on any atom is -0.389 e. The van der Waals surface area contributed by atoms with Crippen LogP contribution in [-0.2, 0) is 16.0 Å². The molecular formula is C24H36N4O3. The van der Waals surface area contributed by atoms with E-state index in [-0.39, 0.29) is 24.3 Å².